The van der Waals surface area contributed by atoms with Crippen LogP contribution in [0.3, 0.4) is 0 Å². The van der Waals surface area contributed by atoms with Gasteiger partial charge in [0.05, 0.1) is 4.90 Å². The fraction of sp³-hybridized carbons (Fsp3) is 0.500. The predicted octanol–water partition coefficient (Wildman–Crippen LogP) is 2.41. The Morgan fingerprint density at radius 2 is 1.95 bits per heavy atom. The molecule has 0 atom stereocenters. The number of hydrogen-bond acceptors (Lipinski definition) is 3. The molecule has 0 aliphatic heterocycles. The molecule has 1 fully saturated rings. The zero-order valence-corrected chi connectivity index (χ0v) is 14.0. The highest BCUT2D eigenvalue weighted by molar-refractivity contribution is 9.10. The Labute approximate surface area is 133 Å². The van der Waals surface area contributed by atoms with Crippen molar-refractivity contribution < 1.29 is 13.2 Å². The molecule has 0 heterocycles. The number of amides is 1. The van der Waals surface area contributed by atoms with Gasteiger partial charge in [-0.1, -0.05) is 41.6 Å². The van der Waals surface area contributed by atoms with Gasteiger partial charge in [0.15, 0.2) is 0 Å². The van der Waals surface area contributed by atoms with Gasteiger partial charge < -0.3 is 5.32 Å². The zero-order chi connectivity index (χ0) is 15.5. The highest BCUT2D eigenvalue weighted by Gasteiger charge is 2.16. The molecule has 0 bridgehead atoms. The summed E-state index contributed by atoms with van der Waals surface area (Å²) in [6.07, 6.45) is 6.01. The van der Waals surface area contributed by atoms with Gasteiger partial charge in [0.1, 0.15) is 0 Å². The molecule has 0 radical (unpaired) electrons. The van der Waals surface area contributed by atoms with Crippen LogP contribution in [-0.2, 0) is 10.0 Å². The lowest BCUT2D eigenvalue weighted by Gasteiger charge is -2.10. The third kappa shape index (κ3) is 4.79. The minimum absolute atomic E-state index is 0.0715. The molecule has 0 aromatic heterocycles. The van der Waals surface area contributed by atoms with Gasteiger partial charge >= 0.3 is 0 Å². The molecule has 2 rings (SSSR count). The average molecular weight is 375 g/mol. The molecule has 1 aromatic carbocycles. The van der Waals surface area contributed by atoms with Crippen LogP contribution in [0.15, 0.2) is 27.6 Å². The molecular formula is C14H19BrN2O3S. The molecule has 1 amide bonds. The van der Waals surface area contributed by atoms with Crippen LogP contribution in [0.25, 0.3) is 0 Å². The lowest BCUT2D eigenvalue weighted by molar-refractivity contribution is 0.0951. The van der Waals surface area contributed by atoms with E-state index >= 15 is 0 Å². The molecular weight excluding hydrogens is 356 g/mol. The van der Waals surface area contributed by atoms with Crippen molar-refractivity contribution in [2.75, 3.05) is 6.54 Å². The van der Waals surface area contributed by atoms with Crippen LogP contribution in [0.1, 0.15) is 42.5 Å². The maximum absolute atomic E-state index is 12.1. The molecule has 1 saturated carbocycles. The second-order valence-corrected chi connectivity index (χ2v) is 7.89. The van der Waals surface area contributed by atoms with E-state index in [9.17, 15) is 13.2 Å². The normalized spacial score (nSPS) is 16.1. The molecule has 1 aliphatic rings. The SMILES string of the molecule is NS(=O)(=O)c1cc(Br)cc(C(=O)NCCC2CCCC2)c1. The van der Waals surface area contributed by atoms with Crippen LogP contribution < -0.4 is 10.5 Å². The molecule has 5 nitrogen and oxygen atoms in total. The molecule has 116 valence electrons. The summed E-state index contributed by atoms with van der Waals surface area (Å²) in [7, 11) is -3.82. The Morgan fingerprint density at radius 1 is 1.29 bits per heavy atom. The number of carbonyl (C=O) groups is 1. The highest BCUT2D eigenvalue weighted by Crippen LogP contribution is 2.27. The van der Waals surface area contributed by atoms with E-state index in [0.29, 0.717) is 22.5 Å². The number of nitrogens with one attached hydrogen (secondary N) is 1. The van der Waals surface area contributed by atoms with E-state index in [1.807, 2.05) is 0 Å². The first kappa shape index (κ1) is 16.5. The molecule has 0 saturated heterocycles. The molecule has 1 aliphatic carbocycles. The number of rotatable bonds is 5. The number of nitrogens with two attached hydrogens (primary N) is 1. The van der Waals surface area contributed by atoms with Gasteiger partial charge in [0.25, 0.3) is 5.91 Å². The summed E-state index contributed by atoms with van der Waals surface area (Å²) in [6, 6.07) is 4.26. The van der Waals surface area contributed by atoms with Gasteiger partial charge in [-0.25, -0.2) is 13.6 Å². The van der Waals surface area contributed by atoms with Gasteiger partial charge in [-0.15, -0.1) is 0 Å². The number of hydrogen-bond donors (Lipinski definition) is 2. The number of primary sulfonamides is 1. The van der Waals surface area contributed by atoms with Gasteiger partial charge in [-0.2, -0.15) is 0 Å². The minimum atomic E-state index is -3.82. The maximum atomic E-state index is 12.1. The summed E-state index contributed by atoms with van der Waals surface area (Å²) in [5, 5.41) is 7.93. The Kier molecular flexibility index (Phi) is 5.40. The van der Waals surface area contributed by atoms with Crippen LogP contribution in [-0.4, -0.2) is 20.9 Å². The minimum Gasteiger partial charge on any atom is -0.352 e. The smallest absolute Gasteiger partial charge is 0.251 e. The molecule has 0 spiro atoms. The molecule has 0 unspecified atom stereocenters. The summed E-state index contributed by atoms with van der Waals surface area (Å²) < 4.78 is 23.3. The van der Waals surface area contributed by atoms with Crippen LogP contribution in [0.4, 0.5) is 0 Å². The van der Waals surface area contributed by atoms with Crippen LogP contribution in [0.5, 0.6) is 0 Å². The van der Waals surface area contributed by atoms with Crippen molar-refractivity contribution in [3.05, 3.63) is 28.2 Å². The van der Waals surface area contributed by atoms with E-state index in [-0.39, 0.29) is 10.8 Å². The summed E-state index contributed by atoms with van der Waals surface area (Å²) in [4.78, 5) is 12.0. The average Bonchev–Trinajstić information content (AvgIpc) is 2.90. The van der Waals surface area contributed by atoms with Gasteiger partial charge in [0, 0.05) is 16.6 Å². The predicted molar refractivity (Wildman–Crippen MR) is 84.4 cm³/mol. The molecule has 1 aromatic rings. The lowest BCUT2D eigenvalue weighted by Crippen LogP contribution is -2.26. The molecule has 21 heavy (non-hydrogen) atoms. The largest absolute Gasteiger partial charge is 0.352 e. The van der Waals surface area contributed by atoms with Crippen molar-refractivity contribution in [1.82, 2.24) is 5.32 Å². The van der Waals surface area contributed by atoms with Crippen molar-refractivity contribution in [3.63, 3.8) is 0 Å². The Balaban J connectivity index is 2.00. The maximum Gasteiger partial charge on any atom is 0.251 e. The van der Waals surface area contributed by atoms with E-state index < -0.39 is 10.0 Å². The topological polar surface area (TPSA) is 89.3 Å². The summed E-state index contributed by atoms with van der Waals surface area (Å²) >= 11 is 3.20. The van der Waals surface area contributed by atoms with Gasteiger partial charge in [0.2, 0.25) is 10.0 Å². The van der Waals surface area contributed by atoms with Crippen LogP contribution in [0, 0.1) is 5.92 Å². The number of sulfonamides is 1. The standard InChI is InChI=1S/C14H19BrN2O3S/c15-12-7-11(8-13(9-12)21(16,19)20)14(18)17-6-5-10-3-1-2-4-10/h7-10H,1-6H2,(H,17,18)(H2,16,19,20). The van der Waals surface area contributed by atoms with Gasteiger partial charge in [-0.05, 0) is 30.5 Å². The first-order valence-electron chi connectivity index (χ1n) is 6.98. The van der Waals surface area contributed by atoms with E-state index in [4.69, 9.17) is 5.14 Å². The van der Waals surface area contributed by atoms with Crippen molar-refractivity contribution in [3.8, 4) is 0 Å². The lowest BCUT2D eigenvalue weighted by atomic mass is 10.0. The third-order valence-electron chi connectivity index (χ3n) is 3.77. The van der Waals surface area contributed by atoms with Crippen molar-refractivity contribution in [2.45, 2.75) is 37.0 Å². The Bertz CT molecular complexity index is 625. The fourth-order valence-corrected chi connectivity index (χ4v) is 3.88. The highest BCUT2D eigenvalue weighted by atomic mass is 79.9. The second kappa shape index (κ2) is 6.89. The zero-order valence-electron chi connectivity index (χ0n) is 11.6. The fourth-order valence-electron chi connectivity index (χ4n) is 2.65. The number of carbonyl (C=O) groups excluding carboxylic acids is 1. The summed E-state index contributed by atoms with van der Waals surface area (Å²) in [5.41, 5.74) is 0.292. The third-order valence-corrected chi connectivity index (χ3v) is 5.13. The Hall–Kier alpha value is -0.920. The van der Waals surface area contributed by atoms with Crippen molar-refractivity contribution in [1.29, 1.82) is 0 Å². The summed E-state index contributed by atoms with van der Waals surface area (Å²) in [6.45, 7) is 0.612. The first-order valence-corrected chi connectivity index (χ1v) is 9.32. The Morgan fingerprint density at radius 3 is 2.57 bits per heavy atom. The monoisotopic (exact) mass is 374 g/mol. The van der Waals surface area contributed by atoms with E-state index in [2.05, 4.69) is 21.2 Å². The van der Waals surface area contributed by atoms with E-state index in [1.54, 1.807) is 6.07 Å². The molecule has 7 heteroatoms. The quantitative estimate of drug-likeness (QED) is 0.828. The first-order chi connectivity index (χ1) is 9.86. The van der Waals surface area contributed by atoms with Crippen LogP contribution in [0.2, 0.25) is 0 Å². The summed E-state index contributed by atoms with van der Waals surface area (Å²) in [5.74, 6) is 0.423. The molecule has 3 N–H and O–H groups in total. The number of halogens is 1. The van der Waals surface area contributed by atoms with Crippen molar-refractivity contribution >= 4 is 31.9 Å². The second-order valence-electron chi connectivity index (χ2n) is 5.42. The van der Waals surface area contributed by atoms with E-state index in [0.717, 1.165) is 6.42 Å². The number of benzene rings is 1. The van der Waals surface area contributed by atoms with E-state index in [1.165, 1.54) is 37.8 Å². The van der Waals surface area contributed by atoms with Crippen molar-refractivity contribution in [2.24, 2.45) is 11.1 Å². The van der Waals surface area contributed by atoms with Gasteiger partial charge in [-0.3, -0.25) is 4.79 Å². The van der Waals surface area contributed by atoms with Crippen LogP contribution >= 0.6 is 15.9 Å².